The Hall–Kier alpha value is -1.10. The number of likely N-dealkylation sites (N-methyl/N-ethyl adjacent to an activating group) is 1. The van der Waals surface area contributed by atoms with Gasteiger partial charge in [0.05, 0.1) is 0 Å². The molecule has 0 saturated carbocycles. The van der Waals surface area contributed by atoms with Crippen LogP contribution in [0.15, 0.2) is 0 Å². The van der Waals surface area contributed by atoms with E-state index in [2.05, 4.69) is 10.6 Å². The molecule has 5 heteroatoms. The molecule has 0 spiro atoms. The first-order chi connectivity index (χ1) is 4.72. The Kier molecular flexibility index (Phi) is 4.23. The van der Waals surface area contributed by atoms with Crippen molar-refractivity contribution < 1.29 is 14.7 Å². The van der Waals surface area contributed by atoms with Gasteiger partial charge in [-0.05, 0) is 7.05 Å². The van der Waals surface area contributed by atoms with Crippen LogP contribution in [0.5, 0.6) is 0 Å². The van der Waals surface area contributed by atoms with E-state index < -0.39 is 12.0 Å². The van der Waals surface area contributed by atoms with Crippen molar-refractivity contribution in [1.29, 1.82) is 0 Å². The lowest BCUT2D eigenvalue weighted by atomic mass is 10.3. The van der Waals surface area contributed by atoms with Gasteiger partial charge in [0.2, 0.25) is 6.41 Å². The Bertz CT molecular complexity index is 126. The number of hydrogen-bond acceptors (Lipinski definition) is 3. The zero-order chi connectivity index (χ0) is 7.98. The minimum Gasteiger partial charge on any atom is -0.480 e. The summed E-state index contributed by atoms with van der Waals surface area (Å²) in [5.41, 5.74) is 0. The summed E-state index contributed by atoms with van der Waals surface area (Å²) in [6.45, 7) is 0.230. The molecule has 1 atom stereocenters. The molecular weight excluding hydrogens is 136 g/mol. The monoisotopic (exact) mass is 146 g/mol. The summed E-state index contributed by atoms with van der Waals surface area (Å²) >= 11 is 0. The van der Waals surface area contributed by atoms with Crippen LogP contribution in [0.4, 0.5) is 0 Å². The van der Waals surface area contributed by atoms with Crippen LogP contribution < -0.4 is 10.6 Å². The molecule has 0 fully saturated rings. The molecule has 3 N–H and O–H groups in total. The predicted molar refractivity (Wildman–Crippen MR) is 34.6 cm³/mol. The molecule has 0 aromatic carbocycles. The fraction of sp³-hybridized carbons (Fsp3) is 0.600. The maximum absolute atomic E-state index is 10.2. The smallest absolute Gasteiger partial charge is 0.327 e. The van der Waals surface area contributed by atoms with Crippen molar-refractivity contribution in [2.24, 2.45) is 0 Å². The number of nitrogens with one attached hydrogen (secondary N) is 2. The summed E-state index contributed by atoms with van der Waals surface area (Å²) < 4.78 is 0. The van der Waals surface area contributed by atoms with Crippen LogP contribution in [0.1, 0.15) is 0 Å². The molecule has 10 heavy (non-hydrogen) atoms. The first-order valence-electron chi connectivity index (χ1n) is 2.79. The Morgan fingerprint density at radius 3 is 2.70 bits per heavy atom. The van der Waals surface area contributed by atoms with Gasteiger partial charge in [-0.15, -0.1) is 0 Å². The van der Waals surface area contributed by atoms with E-state index in [1.165, 1.54) is 0 Å². The fourth-order valence-electron chi connectivity index (χ4n) is 0.504. The van der Waals surface area contributed by atoms with Gasteiger partial charge in [0.15, 0.2) is 0 Å². The van der Waals surface area contributed by atoms with E-state index in [0.29, 0.717) is 6.41 Å². The first-order valence-corrected chi connectivity index (χ1v) is 2.79. The molecule has 5 nitrogen and oxygen atoms in total. The predicted octanol–water partition coefficient (Wildman–Crippen LogP) is -1.59. The molecule has 0 aliphatic heterocycles. The lowest BCUT2D eigenvalue weighted by Crippen LogP contribution is -2.42. The zero-order valence-corrected chi connectivity index (χ0v) is 5.63. The summed E-state index contributed by atoms with van der Waals surface area (Å²) in [4.78, 5) is 20.0. The molecule has 0 saturated heterocycles. The van der Waals surface area contributed by atoms with Crippen LogP contribution in [0.2, 0.25) is 0 Å². The molecule has 0 aliphatic rings. The summed E-state index contributed by atoms with van der Waals surface area (Å²) in [7, 11) is 1.61. The molecule has 0 unspecified atom stereocenters. The lowest BCUT2D eigenvalue weighted by molar-refractivity contribution is -0.140. The second-order valence-corrected chi connectivity index (χ2v) is 1.73. The molecule has 0 aromatic heterocycles. The van der Waals surface area contributed by atoms with Crippen molar-refractivity contribution in [2.75, 3.05) is 13.6 Å². The highest BCUT2D eigenvalue weighted by Gasteiger charge is 2.13. The molecule has 0 aliphatic carbocycles. The number of carboxylic acids is 1. The minimum absolute atomic E-state index is 0.230. The number of carbonyl (C=O) groups is 2. The maximum atomic E-state index is 10.2. The van der Waals surface area contributed by atoms with Gasteiger partial charge < -0.3 is 15.7 Å². The highest BCUT2D eigenvalue weighted by molar-refractivity contribution is 5.76. The van der Waals surface area contributed by atoms with Crippen molar-refractivity contribution in [3.8, 4) is 0 Å². The number of amides is 1. The van der Waals surface area contributed by atoms with E-state index in [-0.39, 0.29) is 6.54 Å². The second-order valence-electron chi connectivity index (χ2n) is 1.73. The average molecular weight is 146 g/mol. The third-order valence-electron chi connectivity index (χ3n) is 0.976. The number of aliphatic carboxylic acids is 1. The maximum Gasteiger partial charge on any atom is 0.327 e. The summed E-state index contributed by atoms with van der Waals surface area (Å²) in [6.07, 6.45) is 0.371. The van der Waals surface area contributed by atoms with Crippen LogP contribution in [0, 0.1) is 0 Å². The fourth-order valence-corrected chi connectivity index (χ4v) is 0.504. The van der Waals surface area contributed by atoms with Crippen LogP contribution in [-0.4, -0.2) is 37.1 Å². The topological polar surface area (TPSA) is 78.4 Å². The van der Waals surface area contributed by atoms with Crippen molar-refractivity contribution in [3.63, 3.8) is 0 Å². The van der Waals surface area contributed by atoms with Crippen LogP contribution in [-0.2, 0) is 9.59 Å². The Labute approximate surface area is 58.4 Å². The first kappa shape index (κ1) is 8.90. The van der Waals surface area contributed by atoms with Crippen LogP contribution in [0.3, 0.4) is 0 Å². The molecule has 0 heterocycles. The average Bonchev–Trinajstić information content (AvgIpc) is 1.87. The van der Waals surface area contributed by atoms with E-state index >= 15 is 0 Å². The van der Waals surface area contributed by atoms with Gasteiger partial charge in [0.25, 0.3) is 0 Å². The van der Waals surface area contributed by atoms with E-state index in [1.54, 1.807) is 7.05 Å². The standard InChI is InChI=1S/C5H10N2O3/c1-6-2-4(5(9)10)7-3-8/h3-4,6H,2H2,1H3,(H,7,8)(H,9,10)/t4-/m0/s1. The zero-order valence-electron chi connectivity index (χ0n) is 5.63. The number of carbonyl (C=O) groups excluding carboxylic acids is 1. The van der Waals surface area contributed by atoms with Gasteiger partial charge >= 0.3 is 5.97 Å². The van der Waals surface area contributed by atoms with E-state index in [0.717, 1.165) is 0 Å². The molecule has 0 rings (SSSR count). The van der Waals surface area contributed by atoms with E-state index in [1.807, 2.05) is 0 Å². The number of hydrogen-bond donors (Lipinski definition) is 3. The van der Waals surface area contributed by atoms with Crippen LogP contribution >= 0.6 is 0 Å². The normalized spacial score (nSPS) is 12.1. The molecule has 1 amide bonds. The third kappa shape index (κ3) is 3.03. The van der Waals surface area contributed by atoms with Gasteiger partial charge in [-0.1, -0.05) is 0 Å². The summed E-state index contributed by atoms with van der Waals surface area (Å²) in [5, 5.41) is 13.1. The van der Waals surface area contributed by atoms with Crippen molar-refractivity contribution >= 4 is 12.4 Å². The molecule has 0 bridgehead atoms. The van der Waals surface area contributed by atoms with E-state index in [9.17, 15) is 9.59 Å². The van der Waals surface area contributed by atoms with Gasteiger partial charge in [-0.25, -0.2) is 4.79 Å². The number of rotatable bonds is 5. The Balaban J connectivity index is 3.71. The largest absolute Gasteiger partial charge is 0.480 e. The van der Waals surface area contributed by atoms with E-state index in [4.69, 9.17) is 5.11 Å². The highest BCUT2D eigenvalue weighted by Crippen LogP contribution is 1.77. The molecule has 0 radical (unpaired) electrons. The van der Waals surface area contributed by atoms with Crippen molar-refractivity contribution in [3.05, 3.63) is 0 Å². The minimum atomic E-state index is -1.04. The van der Waals surface area contributed by atoms with Gasteiger partial charge in [0.1, 0.15) is 6.04 Å². The van der Waals surface area contributed by atoms with Crippen molar-refractivity contribution in [2.45, 2.75) is 6.04 Å². The molecule has 0 aromatic rings. The lowest BCUT2D eigenvalue weighted by Gasteiger charge is -2.08. The van der Waals surface area contributed by atoms with Gasteiger partial charge in [-0.2, -0.15) is 0 Å². The highest BCUT2D eigenvalue weighted by atomic mass is 16.4. The van der Waals surface area contributed by atoms with Crippen LogP contribution in [0.25, 0.3) is 0 Å². The quantitative estimate of drug-likeness (QED) is 0.408. The Morgan fingerprint density at radius 1 is 1.80 bits per heavy atom. The summed E-state index contributed by atoms with van der Waals surface area (Å²) in [6, 6.07) is -0.831. The van der Waals surface area contributed by atoms with Crippen molar-refractivity contribution in [1.82, 2.24) is 10.6 Å². The third-order valence-corrected chi connectivity index (χ3v) is 0.976. The summed E-state index contributed by atoms with van der Waals surface area (Å²) in [5.74, 6) is -1.04. The molecular formula is C5H10N2O3. The molecule has 58 valence electrons. The SMILES string of the molecule is CNC[C@H](NC=O)C(=O)O. The number of carboxylic acid groups (broad SMARTS) is 1. The Morgan fingerprint density at radius 2 is 2.40 bits per heavy atom. The van der Waals surface area contributed by atoms with Gasteiger partial charge in [0, 0.05) is 6.54 Å². The van der Waals surface area contributed by atoms with Gasteiger partial charge in [-0.3, -0.25) is 4.79 Å². The second kappa shape index (κ2) is 4.75.